The van der Waals surface area contributed by atoms with Crippen molar-refractivity contribution in [2.24, 2.45) is 0 Å². The average Bonchev–Trinajstić information content (AvgIpc) is 3.02. The highest BCUT2D eigenvalue weighted by molar-refractivity contribution is 5.94. The minimum atomic E-state index is -0.557. The van der Waals surface area contributed by atoms with Gasteiger partial charge in [0.15, 0.2) is 5.60 Å². The zero-order chi connectivity index (χ0) is 15.0. The second-order valence-electron chi connectivity index (χ2n) is 5.47. The third-order valence-electron chi connectivity index (χ3n) is 3.94. The van der Waals surface area contributed by atoms with Gasteiger partial charge in [-0.15, -0.1) is 0 Å². The first-order valence-corrected chi connectivity index (χ1v) is 6.76. The maximum Gasteiger partial charge on any atom is 0.410 e. The predicted octanol–water partition coefficient (Wildman–Crippen LogP) is 0.757. The van der Waals surface area contributed by atoms with Crippen LogP contribution >= 0.6 is 0 Å². The number of methoxy groups -OCH3 is 1. The Kier molecular flexibility index (Phi) is 3.19. The molecule has 7 heteroatoms. The summed E-state index contributed by atoms with van der Waals surface area (Å²) in [6.07, 6.45) is 1.88. The molecular weight excluding hydrogens is 274 g/mol. The molecular formula is C14H17N3O4. The lowest BCUT2D eigenvalue weighted by molar-refractivity contribution is 0.0553. The van der Waals surface area contributed by atoms with Crippen LogP contribution in [-0.2, 0) is 4.74 Å². The molecule has 3 rings (SSSR count). The van der Waals surface area contributed by atoms with E-state index in [0.29, 0.717) is 37.5 Å². The maximum absolute atomic E-state index is 12.5. The second-order valence-corrected chi connectivity index (χ2v) is 5.47. The van der Waals surface area contributed by atoms with Gasteiger partial charge in [-0.2, -0.15) is 0 Å². The Balaban J connectivity index is 1.74. The third-order valence-corrected chi connectivity index (χ3v) is 3.94. The van der Waals surface area contributed by atoms with E-state index in [1.165, 1.54) is 7.11 Å². The molecule has 0 aliphatic carbocycles. The Labute approximate surface area is 122 Å². The van der Waals surface area contributed by atoms with Crippen LogP contribution < -0.4 is 4.74 Å². The number of amides is 2. The molecule has 0 N–H and O–H groups in total. The van der Waals surface area contributed by atoms with E-state index in [2.05, 4.69) is 4.98 Å². The maximum atomic E-state index is 12.5. The van der Waals surface area contributed by atoms with Gasteiger partial charge in [0.2, 0.25) is 5.88 Å². The van der Waals surface area contributed by atoms with E-state index in [4.69, 9.17) is 9.47 Å². The van der Waals surface area contributed by atoms with Gasteiger partial charge in [-0.25, -0.2) is 9.78 Å². The summed E-state index contributed by atoms with van der Waals surface area (Å²) >= 11 is 0. The molecule has 2 aliphatic rings. The van der Waals surface area contributed by atoms with Gasteiger partial charge >= 0.3 is 6.09 Å². The van der Waals surface area contributed by atoms with E-state index in [1.54, 1.807) is 35.2 Å². The summed E-state index contributed by atoms with van der Waals surface area (Å²) in [6.45, 7) is 1.52. The molecule has 1 aromatic heterocycles. The molecule has 1 spiro atoms. The molecule has 21 heavy (non-hydrogen) atoms. The van der Waals surface area contributed by atoms with Gasteiger partial charge in [-0.1, -0.05) is 0 Å². The highest BCUT2D eigenvalue weighted by Gasteiger charge is 2.49. The number of nitrogens with zero attached hydrogens (tertiary/aromatic N) is 3. The van der Waals surface area contributed by atoms with Crippen LogP contribution in [0.25, 0.3) is 0 Å². The molecule has 112 valence electrons. The Bertz CT molecular complexity index is 591. The van der Waals surface area contributed by atoms with Crippen LogP contribution in [0.15, 0.2) is 18.3 Å². The van der Waals surface area contributed by atoms with E-state index < -0.39 is 5.60 Å². The van der Waals surface area contributed by atoms with Crippen LogP contribution in [0.1, 0.15) is 16.8 Å². The van der Waals surface area contributed by atoms with E-state index in [9.17, 15) is 9.59 Å². The highest BCUT2D eigenvalue weighted by Crippen LogP contribution is 2.32. The summed E-state index contributed by atoms with van der Waals surface area (Å²) in [5.74, 6) is 0.306. The molecule has 2 saturated heterocycles. The van der Waals surface area contributed by atoms with Crippen molar-refractivity contribution in [3.05, 3.63) is 23.9 Å². The van der Waals surface area contributed by atoms with Crippen molar-refractivity contribution in [2.45, 2.75) is 12.0 Å². The first-order chi connectivity index (χ1) is 10.0. The summed E-state index contributed by atoms with van der Waals surface area (Å²) in [4.78, 5) is 31.3. The average molecular weight is 291 g/mol. The van der Waals surface area contributed by atoms with Crippen LogP contribution in [0, 0.1) is 0 Å². The summed E-state index contributed by atoms with van der Waals surface area (Å²) in [5.41, 5.74) is -0.0323. The van der Waals surface area contributed by atoms with Crippen molar-refractivity contribution < 1.29 is 19.1 Å². The van der Waals surface area contributed by atoms with Crippen molar-refractivity contribution in [1.82, 2.24) is 14.8 Å². The summed E-state index contributed by atoms with van der Waals surface area (Å²) in [7, 11) is 3.21. The lowest BCUT2D eigenvalue weighted by Crippen LogP contribution is -2.39. The fourth-order valence-electron chi connectivity index (χ4n) is 2.86. The Morgan fingerprint density at radius 2 is 2.29 bits per heavy atom. The molecule has 2 amide bonds. The number of rotatable bonds is 2. The predicted molar refractivity (Wildman–Crippen MR) is 73.2 cm³/mol. The molecule has 1 atom stereocenters. The zero-order valence-corrected chi connectivity index (χ0v) is 12.0. The number of carbonyl (C=O) groups excluding carboxylic acids is 2. The van der Waals surface area contributed by atoms with Crippen LogP contribution in [0.4, 0.5) is 4.79 Å². The number of hydrogen-bond acceptors (Lipinski definition) is 5. The van der Waals surface area contributed by atoms with Gasteiger partial charge in [-0.05, 0) is 6.07 Å². The number of hydrogen-bond donors (Lipinski definition) is 0. The Morgan fingerprint density at radius 1 is 1.48 bits per heavy atom. The number of ether oxygens (including phenoxy) is 2. The normalized spacial score (nSPS) is 24.6. The summed E-state index contributed by atoms with van der Waals surface area (Å²) in [6, 6.07) is 3.27. The van der Waals surface area contributed by atoms with Gasteiger partial charge in [0.1, 0.15) is 0 Å². The minimum Gasteiger partial charge on any atom is -0.481 e. The second kappa shape index (κ2) is 4.91. The van der Waals surface area contributed by atoms with Gasteiger partial charge in [-0.3, -0.25) is 4.79 Å². The lowest BCUT2D eigenvalue weighted by atomic mass is 10.0. The highest BCUT2D eigenvalue weighted by atomic mass is 16.6. The molecule has 0 bridgehead atoms. The molecule has 0 saturated carbocycles. The zero-order valence-electron chi connectivity index (χ0n) is 12.0. The minimum absolute atomic E-state index is 0.0989. The Hall–Kier alpha value is -2.31. The number of aromatic nitrogens is 1. The lowest BCUT2D eigenvalue weighted by Gasteiger charge is -2.21. The monoisotopic (exact) mass is 291 g/mol. The van der Waals surface area contributed by atoms with Crippen molar-refractivity contribution >= 4 is 12.0 Å². The molecule has 2 aliphatic heterocycles. The molecule has 0 radical (unpaired) electrons. The topological polar surface area (TPSA) is 72.0 Å². The van der Waals surface area contributed by atoms with Crippen LogP contribution in [-0.4, -0.2) is 66.2 Å². The molecule has 7 nitrogen and oxygen atoms in total. The first-order valence-electron chi connectivity index (χ1n) is 6.76. The smallest absolute Gasteiger partial charge is 0.410 e. The van der Waals surface area contributed by atoms with Crippen molar-refractivity contribution in [3.8, 4) is 5.88 Å². The SMILES string of the molecule is COc1cc(C(=O)N2CC[C@]3(CN(C)C(=O)O3)C2)ccn1. The fraction of sp³-hybridized carbons (Fsp3) is 0.500. The van der Waals surface area contributed by atoms with Crippen molar-refractivity contribution in [1.29, 1.82) is 0 Å². The first kappa shape index (κ1) is 13.7. The number of likely N-dealkylation sites (tertiary alicyclic amines) is 1. The van der Waals surface area contributed by atoms with Crippen LogP contribution in [0.5, 0.6) is 5.88 Å². The molecule has 0 aromatic carbocycles. The van der Waals surface area contributed by atoms with Gasteiger partial charge in [0.25, 0.3) is 5.91 Å². The largest absolute Gasteiger partial charge is 0.481 e. The number of likely N-dealkylation sites (N-methyl/N-ethyl adjacent to an activating group) is 1. The van der Waals surface area contributed by atoms with E-state index in [-0.39, 0.29) is 12.0 Å². The van der Waals surface area contributed by atoms with Crippen molar-refractivity contribution in [2.75, 3.05) is 33.8 Å². The molecule has 2 fully saturated rings. The molecule has 3 heterocycles. The fourth-order valence-corrected chi connectivity index (χ4v) is 2.86. The quantitative estimate of drug-likeness (QED) is 0.804. The molecule has 1 aromatic rings. The third kappa shape index (κ3) is 2.39. The van der Waals surface area contributed by atoms with Gasteiger partial charge in [0, 0.05) is 37.8 Å². The summed E-state index contributed by atoms with van der Waals surface area (Å²) < 4.78 is 10.5. The van der Waals surface area contributed by atoms with Crippen LogP contribution in [0.3, 0.4) is 0 Å². The molecule has 0 unspecified atom stereocenters. The van der Waals surface area contributed by atoms with E-state index >= 15 is 0 Å². The number of carbonyl (C=O) groups is 2. The van der Waals surface area contributed by atoms with Gasteiger partial charge in [0.05, 0.1) is 20.2 Å². The Morgan fingerprint density at radius 3 is 2.95 bits per heavy atom. The van der Waals surface area contributed by atoms with Gasteiger partial charge < -0.3 is 19.3 Å². The standard InChI is InChI=1S/C14H17N3O4/c1-16-8-14(21-13(16)19)4-6-17(9-14)12(18)10-3-5-15-11(7-10)20-2/h3,5,7H,4,6,8-9H2,1-2H3/t14-/m0/s1. The summed E-state index contributed by atoms with van der Waals surface area (Å²) in [5, 5.41) is 0. The van der Waals surface area contributed by atoms with E-state index in [0.717, 1.165) is 0 Å². The van der Waals surface area contributed by atoms with E-state index in [1.807, 2.05) is 0 Å². The number of pyridine rings is 1. The van der Waals surface area contributed by atoms with Crippen molar-refractivity contribution in [3.63, 3.8) is 0 Å². The van der Waals surface area contributed by atoms with Crippen LogP contribution in [0.2, 0.25) is 0 Å².